The number of hydrogen-bond donors (Lipinski definition) is 1. The normalized spacial score (nSPS) is 12.9. The Kier molecular flexibility index (Phi) is 5.38. The second-order valence-electron chi connectivity index (χ2n) is 6.28. The lowest BCUT2D eigenvalue weighted by molar-refractivity contribution is -0.122. The van der Waals surface area contributed by atoms with Crippen molar-refractivity contribution in [2.24, 2.45) is 5.92 Å². The number of ketones is 1. The van der Waals surface area contributed by atoms with Crippen molar-refractivity contribution in [2.45, 2.75) is 19.8 Å². The second-order valence-corrected chi connectivity index (χ2v) is 7.33. The lowest BCUT2D eigenvalue weighted by Crippen LogP contribution is -2.25. The van der Waals surface area contributed by atoms with Crippen LogP contribution in [0.15, 0.2) is 24.3 Å². The van der Waals surface area contributed by atoms with Crippen LogP contribution in [0.4, 0.5) is 0 Å². The maximum absolute atomic E-state index is 12.3. The largest absolute Gasteiger partial charge is 0.497 e. The number of esters is 1. The summed E-state index contributed by atoms with van der Waals surface area (Å²) in [5.74, 6) is -1.54. The highest BCUT2D eigenvalue weighted by Crippen LogP contribution is 2.40. The Morgan fingerprint density at radius 1 is 1.30 bits per heavy atom. The van der Waals surface area contributed by atoms with Gasteiger partial charge in [-0.15, -0.1) is 11.3 Å². The summed E-state index contributed by atoms with van der Waals surface area (Å²) >= 11 is 1.34. The summed E-state index contributed by atoms with van der Waals surface area (Å²) in [7, 11) is 1.63. The fraction of sp³-hybridized carbons (Fsp3) is 0.300. The van der Waals surface area contributed by atoms with Gasteiger partial charge in [0.15, 0.2) is 12.4 Å². The van der Waals surface area contributed by atoms with Gasteiger partial charge in [-0.1, -0.05) is 0 Å². The maximum Gasteiger partial charge on any atom is 0.348 e. The molecule has 3 rings (SSSR count). The van der Waals surface area contributed by atoms with E-state index >= 15 is 0 Å². The number of carbonyl (C=O) groups is 2. The van der Waals surface area contributed by atoms with Gasteiger partial charge in [0.2, 0.25) is 0 Å². The monoisotopic (exact) mass is 382 g/mol. The van der Waals surface area contributed by atoms with E-state index in [2.05, 4.69) is 0 Å². The van der Waals surface area contributed by atoms with Gasteiger partial charge in [0.05, 0.1) is 13.2 Å². The van der Waals surface area contributed by atoms with Gasteiger partial charge in [-0.05, 0) is 60.7 Å². The predicted octanol–water partition coefficient (Wildman–Crippen LogP) is 3.43. The molecule has 0 bridgehead atoms. The van der Waals surface area contributed by atoms with E-state index in [4.69, 9.17) is 20.1 Å². The Hall–Kier alpha value is -2.98. The van der Waals surface area contributed by atoms with Crippen LogP contribution in [0.25, 0.3) is 10.4 Å². The molecule has 27 heavy (non-hydrogen) atoms. The zero-order valence-electron chi connectivity index (χ0n) is 15.0. The molecule has 0 saturated heterocycles. The van der Waals surface area contributed by atoms with Gasteiger partial charge < -0.3 is 14.9 Å². The molecule has 1 aliphatic carbocycles. The van der Waals surface area contributed by atoms with Crippen LogP contribution in [0.2, 0.25) is 0 Å². The molecular weight excluding hydrogens is 364 g/mol. The van der Waals surface area contributed by atoms with E-state index in [-0.39, 0.29) is 5.71 Å². The number of ether oxygens (including phenoxy) is 2. The number of hydrogen-bond acceptors (Lipinski definition) is 7. The Labute approximate surface area is 160 Å². The summed E-state index contributed by atoms with van der Waals surface area (Å²) < 4.78 is 10.3. The smallest absolute Gasteiger partial charge is 0.348 e. The van der Waals surface area contributed by atoms with Crippen molar-refractivity contribution in [2.75, 3.05) is 13.7 Å². The van der Waals surface area contributed by atoms with Crippen LogP contribution in [0.5, 0.6) is 5.75 Å². The topological polar surface area (TPSA) is 100 Å². The molecule has 1 unspecified atom stereocenters. The molecule has 0 fully saturated rings. The van der Waals surface area contributed by atoms with Crippen molar-refractivity contribution in [1.82, 2.24) is 0 Å². The first-order chi connectivity index (χ1) is 12.9. The van der Waals surface area contributed by atoms with E-state index in [1.807, 2.05) is 24.3 Å². The molecule has 1 aromatic carbocycles. The number of nitrogens with zero attached hydrogens (tertiary/aromatic N) is 1. The van der Waals surface area contributed by atoms with E-state index in [0.29, 0.717) is 4.88 Å². The van der Waals surface area contributed by atoms with Gasteiger partial charge in [-0.25, -0.2) is 4.79 Å². The lowest BCUT2D eigenvalue weighted by Gasteiger charge is -2.16. The van der Waals surface area contributed by atoms with Gasteiger partial charge in [-0.3, -0.25) is 4.79 Å². The summed E-state index contributed by atoms with van der Waals surface area (Å²) in [5.41, 5.74) is 3.29. The summed E-state index contributed by atoms with van der Waals surface area (Å²) in [6, 6.07) is 9.46. The van der Waals surface area contributed by atoms with Crippen molar-refractivity contribution in [3.8, 4) is 22.3 Å². The molecule has 2 aromatic rings. The van der Waals surface area contributed by atoms with Crippen molar-refractivity contribution in [3.05, 3.63) is 40.3 Å². The predicted molar refractivity (Wildman–Crippen MR) is 102 cm³/mol. The van der Waals surface area contributed by atoms with Gasteiger partial charge >= 0.3 is 5.97 Å². The molecule has 1 aromatic heterocycles. The molecule has 138 valence electrons. The van der Waals surface area contributed by atoms with Gasteiger partial charge in [0.1, 0.15) is 16.5 Å². The van der Waals surface area contributed by atoms with Crippen molar-refractivity contribution >= 4 is 28.8 Å². The third kappa shape index (κ3) is 3.76. The van der Waals surface area contributed by atoms with Crippen molar-refractivity contribution in [3.63, 3.8) is 0 Å². The van der Waals surface area contributed by atoms with Crippen LogP contribution in [-0.2, 0) is 22.4 Å². The van der Waals surface area contributed by atoms with Crippen LogP contribution in [0.1, 0.15) is 27.7 Å². The minimum absolute atomic E-state index is 0.0582. The molecule has 1 N–H and O–H groups in total. The summed E-state index contributed by atoms with van der Waals surface area (Å²) in [6.07, 6.45) is 1.69. The first kappa shape index (κ1) is 18.8. The molecular formula is C20H18N2O4S. The number of Topliss-reactive ketones (excluding diaryl/α,β-unsaturated/α-hetero) is 1. The Morgan fingerprint density at radius 3 is 2.70 bits per heavy atom. The van der Waals surface area contributed by atoms with Gasteiger partial charge in [0.25, 0.3) is 0 Å². The summed E-state index contributed by atoms with van der Waals surface area (Å²) in [6.45, 7) is 0.872. The number of thiophene rings is 1. The first-order valence-corrected chi connectivity index (χ1v) is 9.20. The number of aryl methyl sites for hydroxylation is 2. The second kappa shape index (κ2) is 7.72. The summed E-state index contributed by atoms with van der Waals surface area (Å²) in [5, 5.41) is 16.4. The Morgan fingerprint density at radius 2 is 2.04 bits per heavy atom. The van der Waals surface area contributed by atoms with Crippen molar-refractivity contribution in [1.29, 1.82) is 10.7 Å². The molecule has 0 amide bonds. The number of fused-ring (bicyclic) bond motifs is 3. The average Bonchev–Trinajstić information content (AvgIpc) is 3.10. The average molecular weight is 382 g/mol. The van der Waals surface area contributed by atoms with Crippen LogP contribution in [-0.4, -0.2) is 31.2 Å². The van der Waals surface area contributed by atoms with Crippen LogP contribution >= 0.6 is 11.3 Å². The number of carbonyl (C=O) groups excluding carboxylic acids is 2. The molecule has 0 radical (unpaired) electrons. The highest BCUT2D eigenvalue weighted by atomic mass is 32.1. The van der Waals surface area contributed by atoms with Gasteiger partial charge in [0, 0.05) is 10.6 Å². The fourth-order valence-electron chi connectivity index (χ4n) is 3.04. The van der Waals surface area contributed by atoms with Crippen LogP contribution in [0.3, 0.4) is 0 Å². The molecule has 1 atom stereocenters. The third-order valence-corrected chi connectivity index (χ3v) is 5.65. The Bertz CT molecular complexity index is 971. The van der Waals surface area contributed by atoms with E-state index in [1.165, 1.54) is 23.8 Å². The Balaban J connectivity index is 1.75. The number of methoxy groups -OCH3 is 1. The minimum atomic E-state index is -1.17. The molecule has 0 aliphatic heterocycles. The molecule has 7 heteroatoms. The van der Waals surface area contributed by atoms with Crippen LogP contribution in [0, 0.1) is 22.7 Å². The van der Waals surface area contributed by atoms with Crippen molar-refractivity contribution < 1.29 is 19.1 Å². The zero-order chi connectivity index (χ0) is 19.6. The molecule has 6 nitrogen and oxygen atoms in total. The van der Waals surface area contributed by atoms with E-state index in [0.717, 1.165) is 34.6 Å². The molecule has 0 spiro atoms. The quantitative estimate of drug-likeness (QED) is 0.609. The third-order valence-electron chi connectivity index (χ3n) is 4.46. The summed E-state index contributed by atoms with van der Waals surface area (Å²) in [4.78, 5) is 25.7. The molecule has 0 saturated carbocycles. The van der Waals surface area contributed by atoms with E-state index in [9.17, 15) is 9.59 Å². The SMILES string of the molecule is COc1ccc2c(c1)CCc1cc(C(=O)OCC(=O)C(C#N)C(C)=N)sc1-2. The van der Waals surface area contributed by atoms with Gasteiger partial charge in [-0.2, -0.15) is 5.26 Å². The lowest BCUT2D eigenvalue weighted by atomic mass is 9.91. The van der Waals surface area contributed by atoms with E-state index in [1.54, 1.807) is 13.2 Å². The molecule has 1 heterocycles. The number of benzene rings is 1. The standard InChI is InChI=1S/C20H18N2O4S/c1-11(22)16(9-21)17(23)10-26-20(24)18-8-13-4-3-12-7-14(25-2)5-6-15(12)19(13)27-18/h5-8,16,22H,3-4,10H2,1-2H3. The highest BCUT2D eigenvalue weighted by molar-refractivity contribution is 7.17. The number of nitrogens with one attached hydrogen (secondary N) is 1. The molecule has 1 aliphatic rings. The zero-order valence-corrected chi connectivity index (χ0v) is 15.8. The number of nitriles is 1. The highest BCUT2D eigenvalue weighted by Gasteiger charge is 2.25. The minimum Gasteiger partial charge on any atom is -0.497 e. The fourth-order valence-corrected chi connectivity index (χ4v) is 4.20. The maximum atomic E-state index is 12.3. The van der Waals surface area contributed by atoms with Crippen LogP contribution < -0.4 is 4.74 Å². The first-order valence-electron chi connectivity index (χ1n) is 8.39. The van der Waals surface area contributed by atoms with E-state index < -0.39 is 24.3 Å². The number of rotatable bonds is 6.